The van der Waals surface area contributed by atoms with E-state index in [0.717, 1.165) is 0 Å². The summed E-state index contributed by atoms with van der Waals surface area (Å²) in [6, 6.07) is -0.0698. The molecule has 1 aromatic rings. The molecule has 23 heteroatoms. The lowest BCUT2D eigenvalue weighted by molar-refractivity contribution is -0.142. The number of thioether (sulfide) groups is 1. The van der Waals surface area contributed by atoms with Crippen LogP contribution in [-0.2, 0) is 49.6 Å². The van der Waals surface area contributed by atoms with Crippen molar-refractivity contribution < 1.29 is 48.3 Å². The van der Waals surface area contributed by atoms with Gasteiger partial charge < -0.3 is 70.6 Å². The van der Waals surface area contributed by atoms with Crippen molar-refractivity contribution in [3.8, 4) is 0 Å². The van der Waals surface area contributed by atoms with Gasteiger partial charge in [0, 0.05) is 6.42 Å². The number of hydrogen-bond acceptors (Lipinski definition) is 14. The maximum Gasteiger partial charge on any atom is 0.326 e. The molecule has 0 bridgehead atoms. The molecule has 72 heavy (non-hydrogen) atoms. The molecular formula is C49H86N12O10S. The number of nitrogens with two attached hydrogens (primary N) is 4. The zero-order chi connectivity index (χ0) is 54.2. The highest BCUT2D eigenvalue weighted by Gasteiger charge is 2.35. The number of nitrogens with one attached hydrogen (secondary N) is 8. The first-order valence-corrected chi connectivity index (χ1v) is 26.7. The molecule has 0 aromatic heterocycles. The third kappa shape index (κ3) is 24.9. The molecule has 0 spiro atoms. The Morgan fingerprint density at radius 2 is 1.00 bits per heavy atom. The number of carbonyl (C=O) groups is 9. The summed E-state index contributed by atoms with van der Waals surface area (Å²) in [5.41, 5.74) is 23.6. The molecule has 0 saturated heterocycles. The highest BCUT2D eigenvalue weighted by molar-refractivity contribution is 7.98. The predicted octanol–water partition coefficient (Wildman–Crippen LogP) is -0.597. The van der Waals surface area contributed by atoms with E-state index in [1.165, 1.54) is 18.7 Å². The number of benzene rings is 1. The molecule has 0 heterocycles. The molecule has 0 aliphatic heterocycles. The van der Waals surface area contributed by atoms with E-state index in [1.807, 2.05) is 13.2 Å². The third-order valence-electron chi connectivity index (χ3n) is 12.4. The summed E-state index contributed by atoms with van der Waals surface area (Å²) in [6.45, 7) is 9.08. The average molecular weight is 1040 g/mol. The quantitative estimate of drug-likeness (QED) is 0.0368. The van der Waals surface area contributed by atoms with Crippen LogP contribution < -0.4 is 65.5 Å². The Hall–Kier alpha value is -5.36. The van der Waals surface area contributed by atoms with E-state index in [1.54, 1.807) is 51.1 Å². The smallest absolute Gasteiger partial charge is 0.326 e. The van der Waals surface area contributed by atoms with Crippen molar-refractivity contribution in [3.63, 3.8) is 0 Å². The highest BCUT2D eigenvalue weighted by Crippen LogP contribution is 2.14. The first-order valence-electron chi connectivity index (χ1n) is 25.3. The largest absolute Gasteiger partial charge is 0.480 e. The molecule has 1 aromatic carbocycles. The van der Waals surface area contributed by atoms with E-state index in [0.29, 0.717) is 88.7 Å². The van der Waals surface area contributed by atoms with Crippen LogP contribution in [0.15, 0.2) is 30.3 Å². The van der Waals surface area contributed by atoms with E-state index >= 15 is 0 Å². The number of rotatable bonds is 38. The van der Waals surface area contributed by atoms with E-state index in [4.69, 9.17) is 22.9 Å². The van der Waals surface area contributed by atoms with Crippen LogP contribution in [0.4, 0.5) is 0 Å². The Labute approximate surface area is 429 Å². The molecule has 0 unspecified atom stereocenters. The maximum atomic E-state index is 14.1. The second kappa shape index (κ2) is 36.5. The molecule has 1 rings (SSSR count). The van der Waals surface area contributed by atoms with Crippen LogP contribution in [-0.4, -0.2) is 145 Å². The van der Waals surface area contributed by atoms with E-state index in [-0.39, 0.29) is 25.7 Å². The van der Waals surface area contributed by atoms with Crippen LogP contribution >= 0.6 is 11.8 Å². The van der Waals surface area contributed by atoms with Crippen molar-refractivity contribution in [1.29, 1.82) is 0 Å². The monoisotopic (exact) mass is 1030 g/mol. The molecule has 0 saturated carbocycles. The molecule has 10 atom stereocenters. The fourth-order valence-electron chi connectivity index (χ4n) is 7.37. The van der Waals surface area contributed by atoms with Crippen molar-refractivity contribution in [1.82, 2.24) is 42.5 Å². The number of carboxylic acid groups (broad SMARTS) is 1. The van der Waals surface area contributed by atoms with Crippen LogP contribution in [0, 0.1) is 11.8 Å². The summed E-state index contributed by atoms with van der Waals surface area (Å²) in [4.78, 5) is 121. The lowest BCUT2D eigenvalue weighted by Gasteiger charge is -2.29. The zero-order valence-electron chi connectivity index (χ0n) is 43.2. The van der Waals surface area contributed by atoms with Gasteiger partial charge in [0.2, 0.25) is 47.3 Å². The van der Waals surface area contributed by atoms with Crippen LogP contribution in [0.5, 0.6) is 0 Å². The number of unbranched alkanes of at least 4 members (excludes halogenated alkanes) is 3. The van der Waals surface area contributed by atoms with Crippen molar-refractivity contribution in [2.45, 2.75) is 166 Å². The average Bonchev–Trinajstić information content (AvgIpc) is 3.36. The molecule has 8 amide bonds. The van der Waals surface area contributed by atoms with Crippen molar-refractivity contribution in [2.24, 2.45) is 34.8 Å². The second-order valence-corrected chi connectivity index (χ2v) is 19.3. The summed E-state index contributed by atoms with van der Waals surface area (Å²) in [6.07, 6.45) is 7.08. The van der Waals surface area contributed by atoms with Gasteiger partial charge in [0.25, 0.3) is 0 Å². The predicted molar refractivity (Wildman–Crippen MR) is 279 cm³/mol. The van der Waals surface area contributed by atoms with Gasteiger partial charge in [-0.15, -0.1) is 0 Å². The van der Waals surface area contributed by atoms with Gasteiger partial charge in [0.05, 0.1) is 12.6 Å². The number of hydrogen-bond donors (Lipinski definition) is 13. The molecule has 22 nitrogen and oxygen atoms in total. The fourth-order valence-corrected chi connectivity index (χ4v) is 7.84. The lowest BCUT2D eigenvalue weighted by Crippen LogP contribution is -2.60. The number of carbonyl (C=O) groups excluding carboxylic acids is 8. The minimum Gasteiger partial charge on any atom is -0.480 e. The Morgan fingerprint density at radius 3 is 1.53 bits per heavy atom. The van der Waals surface area contributed by atoms with Gasteiger partial charge in [-0.3, -0.25) is 38.4 Å². The number of aliphatic carboxylic acids is 1. The Bertz CT molecular complexity index is 1850. The summed E-state index contributed by atoms with van der Waals surface area (Å²) in [5.74, 6) is -6.93. The first kappa shape index (κ1) is 64.7. The zero-order valence-corrected chi connectivity index (χ0v) is 44.0. The standard InChI is InChI=1S/C49H86N12O10S/c1-7-30(3)40(47(68)57-35(21-13-16-25-51)44(65)58-37(49(70)71)22-14-17-26-52)60-39(62)29-54-42(63)32(5)55-46(67)38(28-33-18-10-9-11-19-33)59-48(69)41(31(4)8-2)61-45(66)36(23-27-72-6)56-43(64)34(53)20-12-15-24-50/h9-11,18-19,30-32,34-38,40-41H,7-8,12-17,20-29,50-53H2,1-6H3,(H,54,63)(H,55,67)(H,56,64)(H,57,68)(H,58,65)(H,59,69)(H,60,62)(H,61,66)(H,70,71)/t30-,31-,32-,34-,35-,36-,37-,38-,40-,41-/m0/s1. The number of amides is 8. The van der Waals surface area contributed by atoms with Crippen molar-refractivity contribution in [3.05, 3.63) is 35.9 Å². The minimum absolute atomic E-state index is 0.00825. The normalized spacial score (nSPS) is 15.3. The SMILES string of the molecule is CC[C@H](C)[C@H](NC(=O)CNC(=O)[C@H](C)NC(=O)[C@H](Cc1ccccc1)NC(=O)[C@@H](NC(=O)[C@H](CCSC)NC(=O)[C@@H](N)CCCCN)[C@@H](C)CC)C(=O)N[C@@H](CCCCN)C(=O)N[C@@H](CCCCN)C(=O)O. The summed E-state index contributed by atoms with van der Waals surface area (Å²) < 4.78 is 0. The van der Waals surface area contributed by atoms with Crippen LogP contribution in [0.25, 0.3) is 0 Å². The third-order valence-corrected chi connectivity index (χ3v) is 13.0. The maximum absolute atomic E-state index is 14.1. The minimum atomic E-state index is -1.23. The van der Waals surface area contributed by atoms with Crippen LogP contribution in [0.1, 0.15) is 117 Å². The van der Waals surface area contributed by atoms with Crippen molar-refractivity contribution in [2.75, 3.05) is 38.2 Å². The molecule has 0 aliphatic carbocycles. The molecule has 17 N–H and O–H groups in total. The summed E-state index contributed by atoms with van der Waals surface area (Å²) in [5, 5.41) is 31.0. The highest BCUT2D eigenvalue weighted by atomic mass is 32.2. The van der Waals surface area contributed by atoms with Gasteiger partial charge in [-0.2, -0.15) is 11.8 Å². The van der Waals surface area contributed by atoms with E-state index in [2.05, 4.69) is 42.5 Å². The molecule has 0 fully saturated rings. The van der Waals surface area contributed by atoms with Crippen LogP contribution in [0.3, 0.4) is 0 Å². The second-order valence-electron chi connectivity index (χ2n) is 18.3. The topological polar surface area (TPSA) is 374 Å². The van der Waals surface area contributed by atoms with Gasteiger partial charge in [0.15, 0.2) is 0 Å². The van der Waals surface area contributed by atoms with Gasteiger partial charge in [-0.25, -0.2) is 4.79 Å². The number of carboxylic acids is 1. The first-order chi connectivity index (χ1) is 34.3. The van der Waals surface area contributed by atoms with Gasteiger partial charge in [-0.1, -0.05) is 77.3 Å². The van der Waals surface area contributed by atoms with Gasteiger partial charge in [-0.05, 0) is 114 Å². The molecule has 408 valence electrons. The summed E-state index contributed by atoms with van der Waals surface area (Å²) in [7, 11) is 0. The van der Waals surface area contributed by atoms with Gasteiger partial charge in [0.1, 0.15) is 42.3 Å². The summed E-state index contributed by atoms with van der Waals surface area (Å²) >= 11 is 1.48. The van der Waals surface area contributed by atoms with Crippen molar-refractivity contribution >= 4 is 65.0 Å². The fraction of sp³-hybridized carbons (Fsp3) is 0.694. The van der Waals surface area contributed by atoms with E-state index < -0.39 is 120 Å². The van der Waals surface area contributed by atoms with E-state index in [9.17, 15) is 48.3 Å². The molecule has 0 radical (unpaired) electrons. The molecular weight excluding hydrogens is 949 g/mol. The lowest BCUT2D eigenvalue weighted by atomic mass is 9.96. The Balaban J connectivity index is 3.19. The van der Waals surface area contributed by atoms with Crippen LogP contribution in [0.2, 0.25) is 0 Å². The Morgan fingerprint density at radius 1 is 0.542 bits per heavy atom. The Kier molecular flexibility index (Phi) is 32.8. The molecule has 0 aliphatic rings. The van der Waals surface area contributed by atoms with Gasteiger partial charge >= 0.3 is 5.97 Å².